The maximum absolute atomic E-state index is 12.4. The normalized spacial score (nSPS) is 10.4. The molecule has 19 heavy (non-hydrogen) atoms. The number of nitrogens with zero attached hydrogens (tertiary/aromatic N) is 2. The molecule has 4 nitrogen and oxygen atoms in total. The van der Waals surface area contributed by atoms with Crippen LogP contribution < -0.4 is 0 Å². The maximum atomic E-state index is 12.4. The van der Waals surface area contributed by atoms with E-state index in [0.29, 0.717) is 12.1 Å². The van der Waals surface area contributed by atoms with Gasteiger partial charge in [0.15, 0.2) is 0 Å². The highest BCUT2D eigenvalue weighted by atomic mass is 16.3. The third-order valence-corrected chi connectivity index (χ3v) is 2.96. The average molecular weight is 258 g/mol. The van der Waals surface area contributed by atoms with Crippen molar-refractivity contribution < 1.29 is 9.21 Å². The molecule has 0 spiro atoms. The Balaban J connectivity index is 2.09. The quantitative estimate of drug-likeness (QED) is 0.799. The Morgan fingerprint density at radius 1 is 1.32 bits per heavy atom. The Labute approximate surface area is 113 Å². The summed E-state index contributed by atoms with van der Waals surface area (Å²) in [5.41, 5.74) is 1.69. The predicted octanol–water partition coefficient (Wildman–Crippen LogP) is 3.12. The summed E-state index contributed by atoms with van der Waals surface area (Å²) in [6.07, 6.45) is 8.57. The Bertz CT molecular complexity index is 494. The molecule has 0 radical (unpaired) electrons. The van der Waals surface area contributed by atoms with Crippen molar-refractivity contribution in [2.75, 3.05) is 6.54 Å². The van der Waals surface area contributed by atoms with E-state index in [1.165, 1.54) is 12.5 Å². The van der Waals surface area contributed by atoms with Crippen molar-refractivity contribution in [2.24, 2.45) is 0 Å². The van der Waals surface area contributed by atoms with E-state index in [-0.39, 0.29) is 5.91 Å². The number of pyridine rings is 1. The fourth-order valence-electron chi connectivity index (χ4n) is 1.88. The number of hydrogen-bond acceptors (Lipinski definition) is 3. The Morgan fingerprint density at radius 2 is 2.11 bits per heavy atom. The van der Waals surface area contributed by atoms with Crippen molar-refractivity contribution >= 4 is 5.91 Å². The van der Waals surface area contributed by atoms with Gasteiger partial charge >= 0.3 is 0 Å². The summed E-state index contributed by atoms with van der Waals surface area (Å²) in [4.78, 5) is 18.2. The van der Waals surface area contributed by atoms with Crippen LogP contribution in [0.1, 0.15) is 35.7 Å². The highest BCUT2D eigenvalue weighted by molar-refractivity contribution is 5.93. The van der Waals surface area contributed by atoms with Crippen LogP contribution in [0.4, 0.5) is 0 Å². The van der Waals surface area contributed by atoms with Crippen LogP contribution in [0, 0.1) is 0 Å². The van der Waals surface area contributed by atoms with E-state index in [2.05, 4.69) is 11.9 Å². The molecule has 2 rings (SSSR count). The van der Waals surface area contributed by atoms with Crippen LogP contribution in [0.5, 0.6) is 0 Å². The van der Waals surface area contributed by atoms with Crippen molar-refractivity contribution in [3.8, 4) is 0 Å². The zero-order chi connectivity index (χ0) is 13.5. The molecule has 0 atom stereocenters. The van der Waals surface area contributed by atoms with Crippen LogP contribution in [-0.4, -0.2) is 22.3 Å². The van der Waals surface area contributed by atoms with Gasteiger partial charge in [-0.25, -0.2) is 0 Å². The first-order valence-electron chi connectivity index (χ1n) is 6.51. The number of unbranched alkanes of at least 4 members (excludes halogenated alkanes) is 1. The van der Waals surface area contributed by atoms with Gasteiger partial charge in [-0.15, -0.1) is 0 Å². The lowest BCUT2D eigenvalue weighted by molar-refractivity contribution is 0.0740. The maximum Gasteiger partial charge on any atom is 0.257 e. The smallest absolute Gasteiger partial charge is 0.257 e. The second kappa shape index (κ2) is 6.73. The summed E-state index contributed by atoms with van der Waals surface area (Å²) in [6.45, 7) is 3.47. The number of furan rings is 1. The van der Waals surface area contributed by atoms with Crippen molar-refractivity contribution in [1.29, 1.82) is 0 Å². The van der Waals surface area contributed by atoms with Crippen molar-refractivity contribution in [3.05, 3.63) is 54.2 Å². The number of hydrogen-bond donors (Lipinski definition) is 0. The van der Waals surface area contributed by atoms with Gasteiger partial charge in [0.1, 0.15) is 6.26 Å². The van der Waals surface area contributed by atoms with Gasteiger partial charge < -0.3 is 9.32 Å². The fraction of sp³-hybridized carbons (Fsp3) is 0.333. The van der Waals surface area contributed by atoms with E-state index >= 15 is 0 Å². The second-order valence-corrected chi connectivity index (χ2v) is 4.45. The molecule has 0 fully saturated rings. The van der Waals surface area contributed by atoms with Gasteiger partial charge in [0.2, 0.25) is 0 Å². The molecule has 0 unspecified atom stereocenters. The zero-order valence-electron chi connectivity index (χ0n) is 11.1. The lowest BCUT2D eigenvalue weighted by Gasteiger charge is -2.22. The molecule has 2 aromatic rings. The minimum absolute atomic E-state index is 0.0130. The molecular formula is C15H18N2O2. The monoisotopic (exact) mass is 258 g/mol. The first kappa shape index (κ1) is 13.3. The zero-order valence-corrected chi connectivity index (χ0v) is 11.1. The summed E-state index contributed by atoms with van der Waals surface area (Å²) in [7, 11) is 0. The Kier molecular flexibility index (Phi) is 4.72. The number of amides is 1. The molecule has 0 bridgehead atoms. The number of carbonyl (C=O) groups excluding carboxylic acids is 1. The Morgan fingerprint density at radius 3 is 2.74 bits per heavy atom. The Hall–Kier alpha value is -2.10. The van der Waals surface area contributed by atoms with Crippen molar-refractivity contribution in [1.82, 2.24) is 9.88 Å². The van der Waals surface area contributed by atoms with Gasteiger partial charge in [0.25, 0.3) is 5.91 Å². The summed E-state index contributed by atoms with van der Waals surface area (Å²) in [5.74, 6) is 0.0130. The lowest BCUT2D eigenvalue weighted by atomic mass is 10.2. The lowest BCUT2D eigenvalue weighted by Crippen LogP contribution is -2.31. The summed E-state index contributed by atoms with van der Waals surface area (Å²) in [5, 5.41) is 0. The van der Waals surface area contributed by atoms with Crippen LogP contribution in [0.2, 0.25) is 0 Å². The largest absolute Gasteiger partial charge is 0.472 e. The van der Waals surface area contributed by atoms with Crippen molar-refractivity contribution in [3.63, 3.8) is 0 Å². The highest BCUT2D eigenvalue weighted by Gasteiger charge is 2.16. The third-order valence-electron chi connectivity index (χ3n) is 2.96. The first-order valence-corrected chi connectivity index (χ1v) is 6.51. The second-order valence-electron chi connectivity index (χ2n) is 4.45. The van der Waals surface area contributed by atoms with Gasteiger partial charge in [-0.05, 0) is 30.2 Å². The van der Waals surface area contributed by atoms with Gasteiger partial charge in [-0.1, -0.05) is 13.3 Å². The van der Waals surface area contributed by atoms with Gasteiger partial charge in [-0.2, -0.15) is 0 Å². The van der Waals surface area contributed by atoms with Crippen LogP contribution in [0.15, 0.2) is 47.5 Å². The molecule has 0 aliphatic rings. The molecule has 0 aliphatic carbocycles. The van der Waals surface area contributed by atoms with Crippen LogP contribution >= 0.6 is 0 Å². The summed E-state index contributed by atoms with van der Waals surface area (Å²) in [6, 6.07) is 5.57. The highest BCUT2D eigenvalue weighted by Crippen LogP contribution is 2.11. The molecule has 2 heterocycles. The standard InChI is InChI=1S/C15H18N2O2/c1-2-3-9-17(11-13-4-7-16-8-5-13)15(18)14-6-10-19-12-14/h4-8,10,12H,2-3,9,11H2,1H3. The average Bonchev–Trinajstić information content (AvgIpc) is 2.98. The van der Waals surface area contributed by atoms with Gasteiger partial charge in [-0.3, -0.25) is 9.78 Å². The third kappa shape index (κ3) is 3.68. The summed E-state index contributed by atoms with van der Waals surface area (Å²) >= 11 is 0. The topological polar surface area (TPSA) is 46.3 Å². The first-order chi connectivity index (χ1) is 9.31. The van der Waals surface area contributed by atoms with E-state index in [4.69, 9.17) is 4.42 Å². The number of carbonyl (C=O) groups is 1. The van der Waals surface area contributed by atoms with E-state index < -0.39 is 0 Å². The SMILES string of the molecule is CCCCN(Cc1ccncc1)C(=O)c1ccoc1. The fourth-order valence-corrected chi connectivity index (χ4v) is 1.88. The molecule has 100 valence electrons. The molecule has 0 saturated heterocycles. The van der Waals surface area contributed by atoms with Crippen LogP contribution in [-0.2, 0) is 6.54 Å². The predicted molar refractivity (Wildman–Crippen MR) is 72.6 cm³/mol. The van der Waals surface area contributed by atoms with Crippen LogP contribution in [0.3, 0.4) is 0 Å². The molecular weight excluding hydrogens is 240 g/mol. The molecule has 4 heteroatoms. The minimum atomic E-state index is 0.0130. The molecule has 2 aromatic heterocycles. The minimum Gasteiger partial charge on any atom is -0.472 e. The summed E-state index contributed by atoms with van der Waals surface area (Å²) < 4.78 is 4.98. The van der Waals surface area contributed by atoms with E-state index in [1.54, 1.807) is 18.5 Å². The molecule has 0 aliphatic heterocycles. The van der Waals surface area contributed by atoms with Crippen molar-refractivity contribution in [2.45, 2.75) is 26.3 Å². The molecule has 0 saturated carbocycles. The van der Waals surface area contributed by atoms with Crippen LogP contribution in [0.25, 0.3) is 0 Å². The van der Waals surface area contributed by atoms with E-state index in [9.17, 15) is 4.79 Å². The van der Waals surface area contributed by atoms with E-state index in [1.807, 2.05) is 17.0 Å². The molecule has 0 N–H and O–H groups in total. The molecule has 0 aromatic carbocycles. The van der Waals surface area contributed by atoms with Gasteiger partial charge in [0, 0.05) is 25.5 Å². The number of rotatable bonds is 6. The molecule has 1 amide bonds. The number of aromatic nitrogens is 1. The van der Waals surface area contributed by atoms with Gasteiger partial charge in [0.05, 0.1) is 11.8 Å². The van der Waals surface area contributed by atoms with E-state index in [0.717, 1.165) is 24.9 Å².